The fraction of sp³-hybridized carbons (Fsp3) is 0.263. The largest absolute Gasteiger partial charge is 0.330 e. The molecule has 1 atom stereocenters. The molecule has 0 saturated heterocycles. The summed E-state index contributed by atoms with van der Waals surface area (Å²) in [4.78, 5) is 31.4. The number of carbonyl (C=O) groups is 1. The summed E-state index contributed by atoms with van der Waals surface area (Å²) in [5.74, 6) is -0.0958. The van der Waals surface area contributed by atoms with Crippen LogP contribution in [0.2, 0.25) is 0 Å². The minimum atomic E-state index is -0.210. The molecule has 1 aromatic carbocycles. The molecule has 3 heterocycles. The molecule has 2 aromatic heterocycles. The highest BCUT2D eigenvalue weighted by Gasteiger charge is 2.31. The first-order valence-electron chi connectivity index (χ1n) is 8.18. The van der Waals surface area contributed by atoms with E-state index < -0.39 is 0 Å². The molecule has 0 radical (unpaired) electrons. The first-order chi connectivity index (χ1) is 11.7. The highest BCUT2D eigenvalue weighted by molar-refractivity contribution is 7.10. The monoisotopic (exact) mass is 338 g/mol. The van der Waals surface area contributed by atoms with Crippen LogP contribution in [0.3, 0.4) is 0 Å². The number of thiophene rings is 1. The molecule has 0 unspecified atom stereocenters. The first kappa shape index (κ1) is 15.1. The van der Waals surface area contributed by atoms with E-state index in [2.05, 4.69) is 23.4 Å². The van der Waals surface area contributed by atoms with Crippen LogP contribution in [-0.4, -0.2) is 22.3 Å². The van der Waals surface area contributed by atoms with Crippen LogP contribution >= 0.6 is 11.3 Å². The minimum absolute atomic E-state index is 0.0856. The van der Waals surface area contributed by atoms with Gasteiger partial charge in [0.25, 0.3) is 11.5 Å². The molecule has 24 heavy (non-hydrogen) atoms. The Hall–Kier alpha value is -2.40. The maximum atomic E-state index is 13.1. The number of carbonyl (C=O) groups excluding carboxylic acids is 1. The number of hydrogen-bond donors (Lipinski definition) is 1. The molecule has 1 amide bonds. The van der Waals surface area contributed by atoms with Gasteiger partial charge in [0.05, 0.1) is 6.04 Å². The average molecular weight is 338 g/mol. The minimum Gasteiger partial charge on any atom is -0.330 e. The number of fused-ring (bicyclic) bond motifs is 2. The molecule has 3 aromatic rings. The molecule has 0 fully saturated rings. The molecule has 0 aliphatic carbocycles. The number of H-pyrrole nitrogens is 1. The van der Waals surface area contributed by atoms with Crippen LogP contribution in [0.15, 0.2) is 46.6 Å². The van der Waals surface area contributed by atoms with Crippen LogP contribution < -0.4 is 5.56 Å². The topological polar surface area (TPSA) is 53.2 Å². The van der Waals surface area contributed by atoms with E-state index in [-0.39, 0.29) is 17.5 Å². The molecule has 1 aliphatic heterocycles. The summed E-state index contributed by atoms with van der Waals surface area (Å²) in [5, 5.41) is 3.50. The standard InChI is InChI=1S/C19H18N2O2S/c1-2-16-14-8-10-24-17(14)7-9-21(16)19(23)15-11-12-5-3-4-6-13(12)18(22)20-15/h3-6,8,10-11,16H,2,7,9H2,1H3,(H,20,22)/t16-/m0/s1. The van der Waals surface area contributed by atoms with Gasteiger partial charge in [-0.05, 0) is 47.4 Å². The molecule has 0 spiro atoms. The van der Waals surface area contributed by atoms with Crippen LogP contribution in [0.1, 0.15) is 40.3 Å². The average Bonchev–Trinajstić information content (AvgIpc) is 3.09. The van der Waals surface area contributed by atoms with E-state index in [1.54, 1.807) is 23.5 Å². The summed E-state index contributed by atoms with van der Waals surface area (Å²) in [7, 11) is 0. The van der Waals surface area contributed by atoms with Crippen LogP contribution in [0.25, 0.3) is 10.8 Å². The summed E-state index contributed by atoms with van der Waals surface area (Å²) < 4.78 is 0. The molecule has 4 nitrogen and oxygen atoms in total. The van der Waals surface area contributed by atoms with Crippen LogP contribution in [0.5, 0.6) is 0 Å². The lowest BCUT2D eigenvalue weighted by Gasteiger charge is -2.35. The molecule has 4 rings (SSSR count). The Morgan fingerprint density at radius 2 is 2.17 bits per heavy atom. The van der Waals surface area contributed by atoms with Crippen LogP contribution in [0, 0.1) is 0 Å². The number of hydrogen-bond acceptors (Lipinski definition) is 3. The van der Waals surface area contributed by atoms with Gasteiger partial charge in [-0.15, -0.1) is 11.3 Å². The SMILES string of the molecule is CC[C@H]1c2ccsc2CCN1C(=O)c1cc2ccccc2c(=O)[nH]1. The number of nitrogens with one attached hydrogen (secondary N) is 1. The highest BCUT2D eigenvalue weighted by Crippen LogP contribution is 2.35. The van der Waals surface area contributed by atoms with Gasteiger partial charge in [-0.25, -0.2) is 0 Å². The van der Waals surface area contributed by atoms with Gasteiger partial charge in [0.15, 0.2) is 0 Å². The van der Waals surface area contributed by atoms with Crippen molar-refractivity contribution in [1.82, 2.24) is 9.88 Å². The van der Waals surface area contributed by atoms with Crippen molar-refractivity contribution in [1.29, 1.82) is 0 Å². The van der Waals surface area contributed by atoms with E-state index in [1.807, 2.05) is 23.1 Å². The molecular formula is C19H18N2O2S. The van der Waals surface area contributed by atoms with Gasteiger partial charge in [0.1, 0.15) is 5.69 Å². The van der Waals surface area contributed by atoms with Crippen molar-refractivity contribution >= 4 is 28.0 Å². The Kier molecular flexibility index (Phi) is 3.73. The van der Waals surface area contributed by atoms with Crippen molar-refractivity contribution in [2.45, 2.75) is 25.8 Å². The fourth-order valence-corrected chi connectivity index (χ4v) is 4.49. The number of aromatic nitrogens is 1. The quantitative estimate of drug-likeness (QED) is 0.774. The van der Waals surface area contributed by atoms with Crippen molar-refractivity contribution in [3.05, 3.63) is 68.3 Å². The lowest BCUT2D eigenvalue weighted by Crippen LogP contribution is -2.40. The second-order valence-corrected chi connectivity index (χ2v) is 7.07. The van der Waals surface area contributed by atoms with E-state index in [4.69, 9.17) is 0 Å². The second-order valence-electron chi connectivity index (χ2n) is 6.07. The maximum Gasteiger partial charge on any atom is 0.270 e. The Morgan fingerprint density at radius 1 is 1.33 bits per heavy atom. The van der Waals surface area contributed by atoms with Crippen molar-refractivity contribution in [2.75, 3.05) is 6.54 Å². The number of nitrogens with zero attached hydrogens (tertiary/aromatic N) is 1. The molecule has 0 bridgehead atoms. The number of pyridine rings is 1. The van der Waals surface area contributed by atoms with Crippen molar-refractivity contribution in [3.63, 3.8) is 0 Å². The van der Waals surface area contributed by atoms with E-state index in [0.29, 0.717) is 17.6 Å². The summed E-state index contributed by atoms with van der Waals surface area (Å²) >= 11 is 1.76. The predicted molar refractivity (Wildman–Crippen MR) is 96.7 cm³/mol. The van der Waals surface area contributed by atoms with Gasteiger partial charge < -0.3 is 9.88 Å². The van der Waals surface area contributed by atoms with Crippen molar-refractivity contribution < 1.29 is 4.79 Å². The fourth-order valence-electron chi connectivity index (χ4n) is 3.56. The summed E-state index contributed by atoms with van der Waals surface area (Å²) in [5.41, 5.74) is 1.42. The Bertz CT molecular complexity index is 973. The van der Waals surface area contributed by atoms with E-state index in [9.17, 15) is 9.59 Å². The third-order valence-corrected chi connectivity index (χ3v) is 5.72. The van der Waals surface area contributed by atoms with Crippen molar-refractivity contribution in [3.8, 4) is 0 Å². The van der Waals surface area contributed by atoms with Gasteiger partial charge >= 0.3 is 0 Å². The Balaban J connectivity index is 1.75. The second kappa shape index (κ2) is 5.91. The number of amides is 1. The van der Waals surface area contributed by atoms with Gasteiger partial charge in [-0.2, -0.15) is 0 Å². The molecule has 0 saturated carbocycles. The van der Waals surface area contributed by atoms with Gasteiger partial charge in [-0.1, -0.05) is 25.1 Å². The van der Waals surface area contributed by atoms with Crippen LogP contribution in [-0.2, 0) is 6.42 Å². The molecule has 1 N–H and O–H groups in total. The van der Waals surface area contributed by atoms with E-state index in [0.717, 1.165) is 18.2 Å². The lowest BCUT2D eigenvalue weighted by molar-refractivity contribution is 0.0651. The van der Waals surface area contributed by atoms with Crippen molar-refractivity contribution in [2.24, 2.45) is 0 Å². The number of rotatable bonds is 2. The third-order valence-electron chi connectivity index (χ3n) is 4.73. The van der Waals surface area contributed by atoms with Gasteiger partial charge in [-0.3, -0.25) is 9.59 Å². The lowest BCUT2D eigenvalue weighted by atomic mass is 9.97. The zero-order chi connectivity index (χ0) is 16.7. The van der Waals surface area contributed by atoms with Crippen LogP contribution in [0.4, 0.5) is 0 Å². The molecule has 122 valence electrons. The summed E-state index contributed by atoms with van der Waals surface area (Å²) in [6.45, 7) is 2.79. The highest BCUT2D eigenvalue weighted by atomic mass is 32.1. The van der Waals surface area contributed by atoms with Gasteiger partial charge in [0.2, 0.25) is 0 Å². The maximum absolute atomic E-state index is 13.1. The number of benzene rings is 1. The normalized spacial score (nSPS) is 17.0. The zero-order valence-electron chi connectivity index (χ0n) is 13.4. The molecule has 1 aliphatic rings. The summed E-state index contributed by atoms with van der Waals surface area (Å²) in [6.07, 6.45) is 1.75. The predicted octanol–water partition coefficient (Wildman–Crippen LogP) is 3.74. The smallest absolute Gasteiger partial charge is 0.270 e. The third kappa shape index (κ3) is 2.36. The van der Waals surface area contributed by atoms with E-state index >= 15 is 0 Å². The Morgan fingerprint density at radius 3 is 3.00 bits per heavy atom. The molecular weight excluding hydrogens is 320 g/mol. The first-order valence-corrected chi connectivity index (χ1v) is 9.06. The van der Waals surface area contributed by atoms with Gasteiger partial charge in [0, 0.05) is 16.8 Å². The molecule has 5 heteroatoms. The van der Waals surface area contributed by atoms with E-state index in [1.165, 1.54) is 10.4 Å². The zero-order valence-corrected chi connectivity index (χ0v) is 14.2. The summed E-state index contributed by atoms with van der Waals surface area (Å²) in [6, 6.07) is 11.3. The number of aromatic amines is 1. The Labute approximate surface area is 143 Å².